The highest BCUT2D eigenvalue weighted by Gasteiger charge is 2.07. The van der Waals surface area contributed by atoms with Crippen LogP contribution in [0.3, 0.4) is 0 Å². The van der Waals surface area contributed by atoms with Crippen molar-refractivity contribution in [1.82, 2.24) is 5.43 Å². The molecule has 0 aliphatic rings. The third kappa shape index (κ3) is 5.46. The number of carbonyl (C=O) groups excluding carboxylic acids is 1. The van der Waals surface area contributed by atoms with Crippen LogP contribution in [-0.4, -0.2) is 18.7 Å². The van der Waals surface area contributed by atoms with Crippen molar-refractivity contribution in [2.45, 2.75) is 6.42 Å². The molecule has 0 unspecified atom stereocenters. The number of benzene rings is 1. The lowest BCUT2D eigenvalue weighted by Gasteiger charge is -2.09. The molecule has 0 heterocycles. The van der Waals surface area contributed by atoms with Gasteiger partial charge < -0.3 is 4.74 Å². The zero-order chi connectivity index (χ0) is 15.0. The number of amides is 1. The average Bonchev–Trinajstić information content (AvgIpc) is 2.38. The van der Waals surface area contributed by atoms with E-state index < -0.39 is 5.91 Å². The fraction of sp³-hybridized carbons (Fsp3) is 0.154. The molecule has 0 radical (unpaired) electrons. The SMILES string of the molecule is C=CCOc1c(I)cc(/C=N/NC(=O)CC#N)cc1I. The van der Waals surface area contributed by atoms with Gasteiger partial charge in [0.05, 0.1) is 19.4 Å². The van der Waals surface area contributed by atoms with E-state index in [9.17, 15) is 4.79 Å². The third-order valence-corrected chi connectivity index (χ3v) is 3.61. The van der Waals surface area contributed by atoms with Crippen molar-refractivity contribution < 1.29 is 9.53 Å². The first-order valence-electron chi connectivity index (χ1n) is 5.50. The van der Waals surface area contributed by atoms with Crippen molar-refractivity contribution in [1.29, 1.82) is 5.26 Å². The molecule has 5 nitrogen and oxygen atoms in total. The minimum absolute atomic E-state index is 0.208. The van der Waals surface area contributed by atoms with Crippen LogP contribution in [0.25, 0.3) is 0 Å². The second kappa shape index (κ2) is 8.91. The summed E-state index contributed by atoms with van der Waals surface area (Å²) in [6.07, 6.45) is 3.00. The first-order valence-corrected chi connectivity index (χ1v) is 7.65. The van der Waals surface area contributed by atoms with Gasteiger partial charge in [0.25, 0.3) is 5.91 Å². The molecule has 0 aromatic heterocycles. The predicted octanol–water partition coefficient (Wildman–Crippen LogP) is 2.82. The fourth-order valence-electron chi connectivity index (χ4n) is 1.22. The van der Waals surface area contributed by atoms with Gasteiger partial charge in [-0.25, -0.2) is 5.43 Å². The van der Waals surface area contributed by atoms with Gasteiger partial charge in [0.2, 0.25) is 0 Å². The molecule has 0 atom stereocenters. The first kappa shape index (κ1) is 16.9. The molecule has 20 heavy (non-hydrogen) atoms. The maximum Gasteiger partial charge on any atom is 0.254 e. The number of hydrogen-bond donors (Lipinski definition) is 1. The number of halogens is 2. The van der Waals surface area contributed by atoms with Crippen molar-refractivity contribution in [2.24, 2.45) is 5.10 Å². The number of nitriles is 1. The van der Waals surface area contributed by atoms with Crippen molar-refractivity contribution in [3.63, 3.8) is 0 Å². The monoisotopic (exact) mass is 495 g/mol. The van der Waals surface area contributed by atoms with E-state index in [1.807, 2.05) is 12.1 Å². The number of ether oxygens (including phenoxy) is 1. The number of carbonyl (C=O) groups is 1. The summed E-state index contributed by atoms with van der Waals surface area (Å²) in [6, 6.07) is 5.53. The van der Waals surface area contributed by atoms with Crippen LogP contribution in [0.5, 0.6) is 5.75 Å². The molecule has 1 rings (SSSR count). The minimum atomic E-state index is -0.431. The number of nitrogens with one attached hydrogen (secondary N) is 1. The van der Waals surface area contributed by atoms with E-state index in [4.69, 9.17) is 10.00 Å². The zero-order valence-electron chi connectivity index (χ0n) is 10.4. The van der Waals surface area contributed by atoms with E-state index in [2.05, 4.69) is 62.3 Å². The lowest BCUT2D eigenvalue weighted by Crippen LogP contribution is -2.16. The molecule has 7 heteroatoms. The predicted molar refractivity (Wildman–Crippen MR) is 93.5 cm³/mol. The third-order valence-electron chi connectivity index (χ3n) is 2.01. The van der Waals surface area contributed by atoms with Gasteiger partial charge in [-0.3, -0.25) is 4.79 Å². The van der Waals surface area contributed by atoms with Crippen LogP contribution in [0.15, 0.2) is 29.9 Å². The molecule has 0 saturated carbocycles. The molecule has 104 valence electrons. The number of hydrogen-bond acceptors (Lipinski definition) is 4. The lowest BCUT2D eigenvalue weighted by atomic mass is 10.2. The second-order valence-corrected chi connectivity index (χ2v) is 5.87. The topological polar surface area (TPSA) is 74.5 Å². The summed E-state index contributed by atoms with van der Waals surface area (Å²) in [6.45, 7) is 4.06. The van der Waals surface area contributed by atoms with Crippen LogP contribution >= 0.6 is 45.2 Å². The van der Waals surface area contributed by atoms with Gasteiger partial charge in [0.1, 0.15) is 18.8 Å². The van der Waals surface area contributed by atoms with Crippen LogP contribution in [0.4, 0.5) is 0 Å². The molecule has 1 N–H and O–H groups in total. The van der Waals surface area contributed by atoms with Crippen LogP contribution in [0.1, 0.15) is 12.0 Å². The van der Waals surface area contributed by atoms with Crippen LogP contribution < -0.4 is 10.2 Å². The van der Waals surface area contributed by atoms with Gasteiger partial charge in [-0.05, 0) is 62.9 Å². The van der Waals surface area contributed by atoms with Crippen LogP contribution in [-0.2, 0) is 4.79 Å². The first-order chi connectivity index (χ1) is 9.58. The minimum Gasteiger partial charge on any atom is -0.487 e. The Balaban J connectivity index is 2.78. The molecule has 0 aliphatic heterocycles. The molecule has 0 fully saturated rings. The van der Waals surface area contributed by atoms with Crippen LogP contribution in [0, 0.1) is 18.5 Å². The summed E-state index contributed by atoms with van der Waals surface area (Å²) in [4.78, 5) is 11.1. The Kier molecular flexibility index (Phi) is 7.53. The Hall–Kier alpha value is -1.15. The van der Waals surface area contributed by atoms with Gasteiger partial charge in [0.15, 0.2) is 0 Å². The van der Waals surface area contributed by atoms with Gasteiger partial charge in [-0.1, -0.05) is 12.7 Å². The molecule has 1 aromatic carbocycles. The van der Waals surface area contributed by atoms with Crippen molar-refractivity contribution >= 4 is 57.3 Å². The quantitative estimate of drug-likeness (QED) is 0.286. The van der Waals surface area contributed by atoms with Crippen molar-refractivity contribution in [3.05, 3.63) is 37.5 Å². The van der Waals surface area contributed by atoms with E-state index in [0.717, 1.165) is 18.5 Å². The number of hydrazone groups is 1. The zero-order valence-corrected chi connectivity index (χ0v) is 14.7. The highest BCUT2D eigenvalue weighted by molar-refractivity contribution is 14.1. The summed E-state index contributed by atoms with van der Waals surface area (Å²) in [5, 5.41) is 12.1. The molecule has 0 aliphatic carbocycles. The molecule has 0 spiro atoms. The average molecular weight is 495 g/mol. The standard InChI is InChI=1S/C13H11I2N3O2/c1-2-5-20-13-10(14)6-9(7-11(13)15)8-17-18-12(19)3-4-16/h2,6-8H,1,3,5H2,(H,18,19)/b17-8+. The Morgan fingerprint density at radius 1 is 1.50 bits per heavy atom. The van der Waals surface area contributed by atoms with Gasteiger partial charge >= 0.3 is 0 Å². The molecule has 1 aromatic rings. The largest absolute Gasteiger partial charge is 0.487 e. The smallest absolute Gasteiger partial charge is 0.254 e. The van der Waals surface area contributed by atoms with E-state index in [1.165, 1.54) is 6.21 Å². The van der Waals surface area contributed by atoms with Crippen LogP contribution in [0.2, 0.25) is 0 Å². The van der Waals surface area contributed by atoms with Gasteiger partial charge in [-0.2, -0.15) is 10.4 Å². The van der Waals surface area contributed by atoms with Gasteiger partial charge in [0, 0.05) is 0 Å². The molecule has 0 bridgehead atoms. The highest BCUT2D eigenvalue weighted by atomic mass is 127. The number of rotatable bonds is 6. The summed E-state index contributed by atoms with van der Waals surface area (Å²) in [7, 11) is 0. The summed E-state index contributed by atoms with van der Waals surface area (Å²) in [5.41, 5.74) is 3.11. The Morgan fingerprint density at radius 3 is 2.70 bits per heavy atom. The maximum absolute atomic E-state index is 11.1. The summed E-state index contributed by atoms with van der Waals surface area (Å²) in [5.74, 6) is 0.371. The normalized spacial score (nSPS) is 10.1. The van der Waals surface area contributed by atoms with E-state index in [-0.39, 0.29) is 6.42 Å². The lowest BCUT2D eigenvalue weighted by molar-refractivity contribution is -0.120. The molecule has 0 saturated heterocycles. The summed E-state index contributed by atoms with van der Waals surface area (Å²) < 4.78 is 7.45. The van der Waals surface area contributed by atoms with E-state index in [1.54, 1.807) is 12.1 Å². The number of nitrogens with zero attached hydrogens (tertiary/aromatic N) is 2. The Morgan fingerprint density at radius 2 is 2.15 bits per heavy atom. The second-order valence-electron chi connectivity index (χ2n) is 3.54. The Labute approximate surface area is 144 Å². The van der Waals surface area contributed by atoms with Crippen molar-refractivity contribution in [3.8, 4) is 11.8 Å². The van der Waals surface area contributed by atoms with Crippen molar-refractivity contribution in [2.75, 3.05) is 6.61 Å². The van der Waals surface area contributed by atoms with Gasteiger partial charge in [-0.15, -0.1) is 0 Å². The highest BCUT2D eigenvalue weighted by Crippen LogP contribution is 2.28. The molecular formula is C13H11I2N3O2. The fourth-order valence-corrected chi connectivity index (χ4v) is 3.35. The Bertz CT molecular complexity index is 556. The molecular weight excluding hydrogens is 484 g/mol. The maximum atomic E-state index is 11.1. The molecule has 1 amide bonds. The van der Waals surface area contributed by atoms with E-state index >= 15 is 0 Å². The van der Waals surface area contributed by atoms with E-state index in [0.29, 0.717) is 6.61 Å². The summed E-state index contributed by atoms with van der Waals surface area (Å²) >= 11 is 4.35.